The molecule has 7 heteroatoms. The minimum Gasteiger partial charge on any atom is -0.479 e. The van der Waals surface area contributed by atoms with Crippen LogP contribution in [0.2, 0.25) is 0 Å². The number of ether oxygens (including phenoxy) is 1. The lowest BCUT2D eigenvalue weighted by atomic mass is 9.98. The van der Waals surface area contributed by atoms with Crippen LogP contribution in [0.1, 0.15) is 0 Å². The number of carbonyl (C=O) groups excluding carboxylic acids is 1. The molecule has 76 valence electrons. The van der Waals surface area contributed by atoms with E-state index in [1.807, 2.05) is 0 Å². The zero-order valence-corrected chi connectivity index (χ0v) is 6.80. The maximum atomic E-state index is 10.8. The summed E-state index contributed by atoms with van der Waals surface area (Å²) in [6.07, 6.45) is -2.43. The molecule has 0 aliphatic carbocycles. The highest BCUT2D eigenvalue weighted by Crippen LogP contribution is 2.12. The summed E-state index contributed by atoms with van der Waals surface area (Å²) in [5.74, 6) is -3.24. The summed E-state index contributed by atoms with van der Waals surface area (Å²) in [5.41, 5.74) is -2.82. The Balaban J connectivity index is 4.82. The van der Waals surface area contributed by atoms with E-state index in [0.29, 0.717) is 0 Å². The number of carboxylic acid groups (broad SMARTS) is 1. The third-order valence-electron chi connectivity index (χ3n) is 1.47. The third-order valence-corrected chi connectivity index (χ3v) is 1.47. The van der Waals surface area contributed by atoms with Gasteiger partial charge < -0.3 is 25.2 Å². The van der Waals surface area contributed by atoms with Crippen LogP contribution in [-0.4, -0.2) is 57.8 Å². The van der Waals surface area contributed by atoms with Crippen molar-refractivity contribution in [3.05, 3.63) is 0 Å². The molecule has 0 aromatic rings. The molecule has 0 amide bonds. The van der Waals surface area contributed by atoms with Crippen LogP contribution in [0.25, 0.3) is 0 Å². The summed E-state index contributed by atoms with van der Waals surface area (Å²) >= 11 is 0. The van der Waals surface area contributed by atoms with Crippen molar-refractivity contribution < 1.29 is 34.8 Å². The van der Waals surface area contributed by atoms with E-state index < -0.39 is 30.3 Å². The lowest BCUT2D eigenvalue weighted by Gasteiger charge is -2.24. The van der Waals surface area contributed by atoms with Gasteiger partial charge in [0.2, 0.25) is 5.60 Å². The van der Waals surface area contributed by atoms with Gasteiger partial charge >= 0.3 is 11.9 Å². The molecule has 1 unspecified atom stereocenters. The molecule has 0 rings (SSSR count). The predicted octanol–water partition coefficient (Wildman–Crippen LogP) is -2.67. The maximum absolute atomic E-state index is 10.8. The van der Waals surface area contributed by atoms with Crippen LogP contribution in [0.15, 0.2) is 0 Å². The number of carbonyl (C=O) groups is 2. The molecule has 0 aliphatic heterocycles. The van der Waals surface area contributed by atoms with Crippen LogP contribution >= 0.6 is 0 Å². The fraction of sp³-hybridized carbons (Fsp3) is 0.667. The molecule has 0 fully saturated rings. The number of methoxy groups -OCH3 is 1. The quantitative estimate of drug-likeness (QED) is 0.359. The molecule has 2 atom stereocenters. The number of aliphatic hydroxyl groups excluding tert-OH is 2. The summed E-state index contributed by atoms with van der Waals surface area (Å²) in [5, 5.41) is 34.8. The molecule has 0 saturated carbocycles. The Morgan fingerprint density at radius 1 is 1.54 bits per heavy atom. The second-order valence-electron chi connectivity index (χ2n) is 2.31. The van der Waals surface area contributed by atoms with Gasteiger partial charge in [0.05, 0.1) is 13.7 Å². The van der Waals surface area contributed by atoms with E-state index in [1.54, 1.807) is 0 Å². The van der Waals surface area contributed by atoms with Gasteiger partial charge in [-0.1, -0.05) is 0 Å². The lowest BCUT2D eigenvalue weighted by Crippen LogP contribution is -2.56. The van der Waals surface area contributed by atoms with E-state index in [2.05, 4.69) is 4.74 Å². The van der Waals surface area contributed by atoms with Crippen molar-refractivity contribution in [2.24, 2.45) is 0 Å². The van der Waals surface area contributed by atoms with Crippen LogP contribution in [0.4, 0.5) is 0 Å². The molecule has 0 saturated heterocycles. The molecular formula is C6H10O7. The monoisotopic (exact) mass is 194 g/mol. The first kappa shape index (κ1) is 11.8. The number of hydrogen-bond donors (Lipinski definition) is 4. The summed E-state index contributed by atoms with van der Waals surface area (Å²) in [6.45, 7) is -1.24. The number of carboxylic acids is 1. The molecule has 7 nitrogen and oxygen atoms in total. The van der Waals surface area contributed by atoms with Gasteiger partial charge in [-0.3, -0.25) is 0 Å². The van der Waals surface area contributed by atoms with Crippen LogP contribution in [0, 0.1) is 0 Å². The van der Waals surface area contributed by atoms with E-state index in [9.17, 15) is 14.7 Å². The molecule has 0 aromatic heterocycles. The zero-order valence-electron chi connectivity index (χ0n) is 6.80. The van der Waals surface area contributed by atoms with Gasteiger partial charge in [-0.15, -0.1) is 0 Å². The Morgan fingerprint density at radius 2 is 2.00 bits per heavy atom. The van der Waals surface area contributed by atoms with Gasteiger partial charge in [-0.25, -0.2) is 9.59 Å². The van der Waals surface area contributed by atoms with Crippen LogP contribution in [0.5, 0.6) is 0 Å². The molecule has 0 aliphatic rings. The molecule has 0 radical (unpaired) electrons. The van der Waals surface area contributed by atoms with Crippen molar-refractivity contribution in [1.82, 2.24) is 0 Å². The van der Waals surface area contributed by atoms with Gasteiger partial charge in [0.1, 0.15) is 0 Å². The summed E-state index contributed by atoms with van der Waals surface area (Å²) in [6, 6.07) is 0. The summed E-state index contributed by atoms with van der Waals surface area (Å²) in [7, 11) is 0.886. The van der Waals surface area contributed by atoms with E-state index >= 15 is 0 Å². The Labute approximate surface area is 73.2 Å². The molecular weight excluding hydrogens is 184 g/mol. The fourth-order valence-electron chi connectivity index (χ4n) is 0.644. The number of esters is 1. The Morgan fingerprint density at radius 3 is 2.23 bits per heavy atom. The van der Waals surface area contributed by atoms with Crippen molar-refractivity contribution in [3.8, 4) is 0 Å². The second kappa shape index (κ2) is 4.17. The first-order chi connectivity index (χ1) is 5.90. The van der Waals surface area contributed by atoms with E-state index in [0.717, 1.165) is 7.11 Å². The molecule has 13 heavy (non-hydrogen) atoms. The van der Waals surface area contributed by atoms with Gasteiger partial charge in [-0.2, -0.15) is 0 Å². The summed E-state index contributed by atoms with van der Waals surface area (Å²) < 4.78 is 4.01. The molecule has 4 N–H and O–H groups in total. The topological polar surface area (TPSA) is 124 Å². The van der Waals surface area contributed by atoms with Gasteiger partial charge in [0.15, 0.2) is 6.10 Å². The van der Waals surface area contributed by atoms with Crippen LogP contribution in [0.3, 0.4) is 0 Å². The van der Waals surface area contributed by atoms with E-state index in [4.69, 9.17) is 15.3 Å². The van der Waals surface area contributed by atoms with Crippen molar-refractivity contribution >= 4 is 11.9 Å². The smallest absolute Gasteiger partial charge is 0.343 e. The van der Waals surface area contributed by atoms with Gasteiger partial charge in [-0.05, 0) is 0 Å². The highest BCUT2D eigenvalue weighted by atomic mass is 16.5. The molecule has 0 spiro atoms. The number of aliphatic hydroxyl groups is 3. The first-order valence-electron chi connectivity index (χ1n) is 3.22. The summed E-state index contributed by atoms with van der Waals surface area (Å²) in [4.78, 5) is 21.0. The minimum absolute atomic E-state index is 0.886. The first-order valence-corrected chi connectivity index (χ1v) is 3.22. The highest BCUT2D eigenvalue weighted by molar-refractivity contribution is 5.88. The van der Waals surface area contributed by atoms with Crippen LogP contribution in [-0.2, 0) is 14.3 Å². The van der Waals surface area contributed by atoms with Gasteiger partial charge in [0, 0.05) is 0 Å². The Bertz CT molecular complexity index is 213. The normalized spacial score (nSPS) is 17.2. The van der Waals surface area contributed by atoms with Crippen molar-refractivity contribution in [1.29, 1.82) is 0 Å². The molecule has 0 heterocycles. The van der Waals surface area contributed by atoms with E-state index in [1.165, 1.54) is 0 Å². The third kappa shape index (κ3) is 2.14. The highest BCUT2D eigenvalue weighted by Gasteiger charge is 2.48. The SMILES string of the molecule is COC(=O)C(O)(CO)[C@@H](O)C(=O)O. The maximum Gasteiger partial charge on any atom is 0.343 e. The molecule has 0 aromatic carbocycles. The predicted molar refractivity (Wildman–Crippen MR) is 37.7 cm³/mol. The largest absolute Gasteiger partial charge is 0.479 e. The number of rotatable bonds is 4. The Kier molecular flexibility index (Phi) is 3.79. The van der Waals surface area contributed by atoms with E-state index in [-0.39, 0.29) is 0 Å². The van der Waals surface area contributed by atoms with Gasteiger partial charge in [0.25, 0.3) is 0 Å². The fourth-order valence-corrected chi connectivity index (χ4v) is 0.644. The number of aliphatic carboxylic acids is 1. The van der Waals surface area contributed by atoms with Crippen molar-refractivity contribution in [3.63, 3.8) is 0 Å². The average molecular weight is 194 g/mol. The lowest BCUT2D eigenvalue weighted by molar-refractivity contribution is -0.191. The standard InChI is InChI=1S/C6H10O7/c1-13-5(11)6(12,2-7)3(8)4(9)10/h3,7-8,12H,2H2,1H3,(H,9,10)/t3-,6?/m0/s1. The van der Waals surface area contributed by atoms with Crippen LogP contribution < -0.4 is 0 Å². The number of hydrogen-bond acceptors (Lipinski definition) is 6. The minimum atomic E-state index is -2.82. The average Bonchev–Trinajstić information content (AvgIpc) is 2.13. The zero-order chi connectivity index (χ0) is 10.6. The molecule has 0 bridgehead atoms. The van der Waals surface area contributed by atoms with Crippen molar-refractivity contribution in [2.75, 3.05) is 13.7 Å². The van der Waals surface area contributed by atoms with Crippen molar-refractivity contribution in [2.45, 2.75) is 11.7 Å². The second-order valence-corrected chi connectivity index (χ2v) is 2.31. The Hall–Kier alpha value is -1.18.